The van der Waals surface area contributed by atoms with Gasteiger partial charge in [-0.1, -0.05) is 134 Å². The standard InChI is InChI=1S/C67H88N16O11/c1-3-48(75-61(88)50(28-34-69)76-58(85)47-25-21-45(22-26-47)43-17-11-6-12-18-43)59(86)77-51(29-35-70)62(89)80-54-32-38-73-57(84)40(2)74-60(87)49(27-33-68)78-63(90)53(31-37-72)81-67(94)56(46-23-19-44(20-24-46)42-15-9-5-10-16-42)83-66(93)55(39-41-13-7-4-8-14-41)82-64(91)52(30-36-71)79-65(54)92/h4-26,40,48-56H,3,27-39,68-72H2,1-2H3,(H,73,84)(H,74,87)(H,75,88)(H,76,85)(H,77,86)(H,78,90)(H,79,92)(H,80,89)(H,81,94)(H,82,91)(H,83,93)/t40-,48-,49-,50-,51-,52-,53-,54-,55+,56?/m0/s1. The molecule has 21 N–H and O–H groups in total. The molecule has 5 aromatic carbocycles. The fraction of sp³-hybridized carbons (Fsp3) is 0.388. The van der Waals surface area contributed by atoms with Crippen LogP contribution in [0.2, 0.25) is 0 Å². The first kappa shape index (κ1) is 73.1. The smallest absolute Gasteiger partial charge is 0.251 e. The zero-order chi connectivity index (χ0) is 68.1. The van der Waals surface area contributed by atoms with Gasteiger partial charge in [-0.25, -0.2) is 0 Å². The number of carbonyl (C=O) groups is 11. The van der Waals surface area contributed by atoms with Crippen LogP contribution in [0, 0.1) is 0 Å². The van der Waals surface area contributed by atoms with Crippen LogP contribution in [0.5, 0.6) is 0 Å². The van der Waals surface area contributed by atoms with E-state index in [0.29, 0.717) is 5.56 Å². The molecule has 0 bridgehead atoms. The summed E-state index contributed by atoms with van der Waals surface area (Å²) in [5.74, 6) is -9.09. The van der Waals surface area contributed by atoms with Crippen molar-refractivity contribution in [1.29, 1.82) is 0 Å². The summed E-state index contributed by atoms with van der Waals surface area (Å²) in [6.07, 6.45) is -1.15. The van der Waals surface area contributed by atoms with Gasteiger partial charge in [0.05, 0.1) is 0 Å². The Hall–Kier alpha value is -9.93. The highest BCUT2D eigenvalue weighted by molar-refractivity contribution is 6.01. The first-order valence-corrected chi connectivity index (χ1v) is 31.5. The summed E-state index contributed by atoms with van der Waals surface area (Å²) in [7, 11) is 0. The summed E-state index contributed by atoms with van der Waals surface area (Å²) in [5, 5.41) is 29.2. The summed E-state index contributed by atoms with van der Waals surface area (Å²) in [6, 6.07) is 27.1. The molecule has 1 unspecified atom stereocenters. The summed E-state index contributed by atoms with van der Waals surface area (Å²) in [6.45, 7) is 2.05. The third kappa shape index (κ3) is 21.9. The molecule has 502 valence electrons. The Morgan fingerprint density at radius 1 is 0.447 bits per heavy atom. The van der Waals surface area contributed by atoms with Gasteiger partial charge >= 0.3 is 0 Å². The number of hydrogen-bond acceptors (Lipinski definition) is 16. The maximum Gasteiger partial charge on any atom is 0.251 e. The van der Waals surface area contributed by atoms with E-state index in [2.05, 4.69) is 58.5 Å². The van der Waals surface area contributed by atoms with E-state index < -0.39 is 125 Å². The lowest BCUT2D eigenvalue weighted by molar-refractivity contribution is -0.136. The van der Waals surface area contributed by atoms with Crippen molar-refractivity contribution in [2.24, 2.45) is 28.7 Å². The van der Waals surface area contributed by atoms with Gasteiger partial charge in [-0.15, -0.1) is 0 Å². The van der Waals surface area contributed by atoms with Crippen molar-refractivity contribution < 1.29 is 52.7 Å². The predicted molar refractivity (Wildman–Crippen MR) is 353 cm³/mol. The van der Waals surface area contributed by atoms with Gasteiger partial charge in [0, 0.05) is 18.5 Å². The molecule has 0 saturated carbocycles. The zero-order valence-electron chi connectivity index (χ0n) is 52.8. The first-order chi connectivity index (χ1) is 45.3. The highest BCUT2D eigenvalue weighted by Crippen LogP contribution is 2.24. The quantitative estimate of drug-likeness (QED) is 0.0345. The number of amides is 11. The highest BCUT2D eigenvalue weighted by atomic mass is 16.2. The van der Waals surface area contributed by atoms with Crippen molar-refractivity contribution in [2.75, 3.05) is 39.3 Å². The van der Waals surface area contributed by atoms with E-state index in [-0.39, 0.29) is 102 Å². The normalized spacial score (nSPS) is 20.5. The molecule has 94 heavy (non-hydrogen) atoms. The molecule has 1 heterocycles. The number of rotatable bonds is 24. The molecule has 1 fully saturated rings. The lowest BCUT2D eigenvalue weighted by Gasteiger charge is -2.28. The Balaban J connectivity index is 1.28. The molecule has 0 spiro atoms. The van der Waals surface area contributed by atoms with Gasteiger partial charge in [-0.3, -0.25) is 52.7 Å². The molecule has 10 atom stereocenters. The van der Waals surface area contributed by atoms with Crippen LogP contribution in [0.25, 0.3) is 22.3 Å². The van der Waals surface area contributed by atoms with E-state index in [1.54, 1.807) is 85.8 Å². The molecule has 6 rings (SSSR count). The molecule has 27 heteroatoms. The molecule has 0 aliphatic carbocycles. The first-order valence-electron chi connectivity index (χ1n) is 31.5. The topological polar surface area (TPSA) is 450 Å². The molecule has 1 aliphatic heterocycles. The molecule has 1 aliphatic rings. The number of benzene rings is 5. The van der Waals surface area contributed by atoms with Crippen molar-refractivity contribution in [3.8, 4) is 22.3 Å². The minimum absolute atomic E-state index is 0.00204. The van der Waals surface area contributed by atoms with Crippen LogP contribution in [-0.4, -0.2) is 159 Å². The van der Waals surface area contributed by atoms with Gasteiger partial charge in [0.1, 0.15) is 60.4 Å². The third-order valence-corrected chi connectivity index (χ3v) is 15.7. The minimum Gasteiger partial charge on any atom is -0.354 e. The number of carbonyl (C=O) groups excluding carboxylic acids is 11. The van der Waals surface area contributed by atoms with Gasteiger partial charge in [0.25, 0.3) is 5.91 Å². The van der Waals surface area contributed by atoms with E-state index >= 15 is 0 Å². The van der Waals surface area contributed by atoms with Gasteiger partial charge in [0.15, 0.2) is 0 Å². The SMILES string of the molecule is CC[C@H](NC(=O)[C@H](CCN)NC(=O)c1ccc(-c2ccccc2)cc1)C(=O)N[C@@H](CCN)C(=O)N[C@H]1CCNC(=O)[C@H](C)NC(=O)[C@H](CCN)NC(=O)[C@H](CCN)NC(=O)C(c2ccc(-c3ccccc3)cc2)NC(=O)[C@@H](Cc2ccccc2)NC(=O)[C@H](CCN)NC1=O. The molecule has 5 aromatic rings. The number of nitrogens with one attached hydrogen (secondary N) is 11. The minimum atomic E-state index is -1.59. The molecule has 0 aromatic heterocycles. The molecule has 1 saturated heterocycles. The second kappa shape index (κ2) is 37.5. The lowest BCUT2D eigenvalue weighted by Crippen LogP contribution is -2.60. The summed E-state index contributed by atoms with van der Waals surface area (Å²) >= 11 is 0. The molecular formula is C67H88N16O11. The van der Waals surface area contributed by atoms with Crippen LogP contribution in [0.1, 0.15) is 86.3 Å². The Labute approximate surface area is 546 Å². The Bertz CT molecular complexity index is 3350. The van der Waals surface area contributed by atoms with Gasteiger partial charge in [-0.05, 0) is 130 Å². The zero-order valence-corrected chi connectivity index (χ0v) is 52.8. The Morgan fingerprint density at radius 3 is 1.38 bits per heavy atom. The van der Waals surface area contributed by atoms with E-state index in [4.69, 9.17) is 28.7 Å². The highest BCUT2D eigenvalue weighted by Gasteiger charge is 2.36. The maximum absolute atomic E-state index is 14.9. The van der Waals surface area contributed by atoms with E-state index in [9.17, 15) is 52.7 Å². The van der Waals surface area contributed by atoms with Crippen LogP contribution in [-0.2, 0) is 54.4 Å². The van der Waals surface area contributed by atoms with Crippen molar-refractivity contribution in [1.82, 2.24) is 58.5 Å². The van der Waals surface area contributed by atoms with E-state index in [1.807, 2.05) is 60.7 Å². The molecule has 27 nitrogen and oxygen atoms in total. The van der Waals surface area contributed by atoms with Gasteiger partial charge in [-0.2, -0.15) is 0 Å². The molecule has 11 amide bonds. The van der Waals surface area contributed by atoms with Crippen LogP contribution in [0.4, 0.5) is 0 Å². The van der Waals surface area contributed by atoms with Crippen LogP contribution < -0.4 is 87.2 Å². The number of nitrogens with two attached hydrogens (primary N) is 5. The fourth-order valence-corrected chi connectivity index (χ4v) is 10.3. The van der Waals surface area contributed by atoms with Gasteiger partial charge in [0.2, 0.25) is 59.1 Å². The van der Waals surface area contributed by atoms with Crippen LogP contribution in [0.3, 0.4) is 0 Å². The largest absolute Gasteiger partial charge is 0.354 e. The van der Waals surface area contributed by atoms with Crippen molar-refractivity contribution in [3.63, 3.8) is 0 Å². The third-order valence-electron chi connectivity index (χ3n) is 15.7. The monoisotopic (exact) mass is 1290 g/mol. The van der Waals surface area contributed by atoms with Crippen molar-refractivity contribution in [3.05, 3.63) is 156 Å². The lowest BCUT2D eigenvalue weighted by atomic mass is 9.98. The fourth-order valence-electron chi connectivity index (χ4n) is 10.3. The van der Waals surface area contributed by atoms with Crippen molar-refractivity contribution >= 4 is 65.0 Å². The summed E-state index contributed by atoms with van der Waals surface area (Å²) in [5.41, 5.74) is 34.3. The molecule has 0 radical (unpaired) electrons. The van der Waals surface area contributed by atoms with Gasteiger partial charge < -0.3 is 87.2 Å². The maximum atomic E-state index is 14.9. The molecular weight excluding hydrogens is 1200 g/mol. The number of hydrogen-bond donors (Lipinski definition) is 16. The van der Waals surface area contributed by atoms with Crippen molar-refractivity contribution in [2.45, 2.75) is 126 Å². The van der Waals surface area contributed by atoms with E-state index in [1.165, 1.54) is 6.92 Å². The Kier molecular flexibility index (Phi) is 29.2. The predicted octanol–water partition coefficient (Wildman–Crippen LogP) is -1.21. The average Bonchev–Trinajstić information content (AvgIpc) is 0.878. The Morgan fingerprint density at radius 2 is 0.872 bits per heavy atom. The average molecular weight is 1290 g/mol. The van der Waals surface area contributed by atoms with Crippen LogP contribution >= 0.6 is 0 Å². The van der Waals surface area contributed by atoms with E-state index in [0.717, 1.165) is 22.3 Å². The second-order valence-electron chi connectivity index (χ2n) is 22.6. The second-order valence-corrected chi connectivity index (χ2v) is 22.6. The van der Waals surface area contributed by atoms with Crippen LogP contribution in [0.15, 0.2) is 140 Å². The summed E-state index contributed by atoms with van der Waals surface area (Å²) in [4.78, 5) is 156. The summed E-state index contributed by atoms with van der Waals surface area (Å²) < 4.78 is 0.